The molecule has 0 unspecified atom stereocenters. The average Bonchev–Trinajstić information content (AvgIpc) is 2.52. The second kappa shape index (κ2) is 7.94. The molecule has 2 rings (SSSR count). The minimum atomic E-state index is -0.809. The molecule has 126 valence electrons. The van der Waals surface area contributed by atoms with Crippen LogP contribution in [0.2, 0.25) is 0 Å². The first-order chi connectivity index (χ1) is 11.0. The second-order valence-corrected chi connectivity index (χ2v) is 5.94. The van der Waals surface area contributed by atoms with E-state index in [1.807, 2.05) is 0 Å². The molecule has 0 spiro atoms. The molecule has 0 saturated carbocycles. The van der Waals surface area contributed by atoms with Gasteiger partial charge in [0.1, 0.15) is 11.6 Å². The largest absolute Gasteiger partial charge is 0.481 e. The Bertz CT molecular complexity index is 563. The van der Waals surface area contributed by atoms with Gasteiger partial charge < -0.3 is 14.7 Å². The molecule has 1 fully saturated rings. The summed E-state index contributed by atoms with van der Waals surface area (Å²) in [6.07, 6.45) is 1.81. The number of rotatable bonds is 6. The third-order valence-electron chi connectivity index (χ3n) is 4.05. The zero-order chi connectivity index (χ0) is 16.8. The number of carboxylic acid groups (broad SMARTS) is 1. The Morgan fingerprint density at radius 1 is 1.48 bits per heavy atom. The normalized spacial score (nSPS) is 19.2. The van der Waals surface area contributed by atoms with E-state index in [9.17, 15) is 14.0 Å². The summed E-state index contributed by atoms with van der Waals surface area (Å²) in [6, 6.07) is 5.70. The number of carboxylic acids is 1. The molecule has 1 aromatic rings. The quantitative estimate of drug-likeness (QED) is 0.874. The number of halogens is 1. The van der Waals surface area contributed by atoms with Crippen LogP contribution in [0, 0.1) is 11.7 Å². The topological polar surface area (TPSA) is 66.8 Å². The van der Waals surface area contributed by atoms with Crippen LogP contribution in [0.1, 0.15) is 32.6 Å². The minimum Gasteiger partial charge on any atom is -0.481 e. The van der Waals surface area contributed by atoms with Gasteiger partial charge in [-0.25, -0.2) is 4.39 Å². The molecule has 0 bridgehead atoms. The maximum Gasteiger partial charge on any atom is 0.303 e. The number of amides is 1. The lowest BCUT2D eigenvalue weighted by atomic mass is 9.93. The van der Waals surface area contributed by atoms with Gasteiger partial charge in [0.2, 0.25) is 0 Å². The standard InChI is InChI=1S/C17H22FNO4/c1-12(23-15-6-2-5-14(18)10-15)17(22)19-9-3-4-13(11-19)7-8-16(20)21/h2,5-6,10,12-13H,3-4,7-9,11H2,1H3,(H,20,21)/t12-,13-/m0/s1. The van der Waals surface area contributed by atoms with Crippen molar-refractivity contribution >= 4 is 11.9 Å². The maximum atomic E-state index is 13.2. The summed E-state index contributed by atoms with van der Waals surface area (Å²) in [5.74, 6) is -0.824. The van der Waals surface area contributed by atoms with E-state index in [2.05, 4.69) is 0 Å². The van der Waals surface area contributed by atoms with Crippen molar-refractivity contribution in [1.29, 1.82) is 0 Å². The van der Waals surface area contributed by atoms with Gasteiger partial charge in [0, 0.05) is 25.6 Å². The van der Waals surface area contributed by atoms with Gasteiger partial charge in [-0.2, -0.15) is 0 Å². The Morgan fingerprint density at radius 2 is 2.26 bits per heavy atom. The molecule has 1 saturated heterocycles. The fourth-order valence-corrected chi connectivity index (χ4v) is 2.88. The number of piperidine rings is 1. The Balaban J connectivity index is 1.89. The van der Waals surface area contributed by atoms with Gasteiger partial charge in [-0.05, 0) is 44.2 Å². The van der Waals surface area contributed by atoms with Crippen LogP contribution < -0.4 is 4.74 Å². The number of benzene rings is 1. The van der Waals surface area contributed by atoms with Crippen molar-refractivity contribution in [3.05, 3.63) is 30.1 Å². The fraction of sp³-hybridized carbons (Fsp3) is 0.529. The summed E-state index contributed by atoms with van der Waals surface area (Å²) < 4.78 is 18.7. The van der Waals surface area contributed by atoms with Crippen molar-refractivity contribution in [2.45, 2.75) is 38.7 Å². The van der Waals surface area contributed by atoms with Gasteiger partial charge in [-0.15, -0.1) is 0 Å². The van der Waals surface area contributed by atoms with Gasteiger partial charge in [0.05, 0.1) is 0 Å². The van der Waals surface area contributed by atoms with Gasteiger partial charge >= 0.3 is 5.97 Å². The van der Waals surface area contributed by atoms with Crippen LogP contribution in [0.25, 0.3) is 0 Å². The lowest BCUT2D eigenvalue weighted by molar-refractivity contribution is -0.140. The summed E-state index contributed by atoms with van der Waals surface area (Å²) in [5.41, 5.74) is 0. The zero-order valence-electron chi connectivity index (χ0n) is 13.2. The number of carbonyl (C=O) groups excluding carboxylic acids is 1. The van der Waals surface area contributed by atoms with Crippen LogP contribution in [0.15, 0.2) is 24.3 Å². The molecule has 1 aromatic carbocycles. The van der Waals surface area contributed by atoms with Crippen LogP contribution in [0.4, 0.5) is 4.39 Å². The minimum absolute atomic E-state index is 0.127. The van der Waals surface area contributed by atoms with Crippen molar-refractivity contribution in [1.82, 2.24) is 4.90 Å². The highest BCUT2D eigenvalue weighted by atomic mass is 19.1. The lowest BCUT2D eigenvalue weighted by Gasteiger charge is -2.34. The van der Waals surface area contributed by atoms with E-state index in [0.717, 1.165) is 12.8 Å². The molecule has 0 aliphatic carbocycles. The summed E-state index contributed by atoms with van der Waals surface area (Å²) in [7, 11) is 0. The summed E-state index contributed by atoms with van der Waals surface area (Å²) in [4.78, 5) is 24.8. The highest BCUT2D eigenvalue weighted by Crippen LogP contribution is 2.22. The number of ether oxygens (including phenoxy) is 1. The first-order valence-electron chi connectivity index (χ1n) is 7.88. The Kier molecular flexibility index (Phi) is 5.96. The van der Waals surface area contributed by atoms with Crippen LogP contribution >= 0.6 is 0 Å². The third-order valence-corrected chi connectivity index (χ3v) is 4.05. The number of carbonyl (C=O) groups is 2. The van der Waals surface area contributed by atoms with Gasteiger partial charge in [0.15, 0.2) is 6.10 Å². The predicted octanol–water partition coefficient (Wildman–Crippen LogP) is 2.70. The highest BCUT2D eigenvalue weighted by Gasteiger charge is 2.28. The highest BCUT2D eigenvalue weighted by molar-refractivity contribution is 5.81. The lowest BCUT2D eigenvalue weighted by Crippen LogP contribution is -2.45. The average molecular weight is 323 g/mol. The smallest absolute Gasteiger partial charge is 0.303 e. The van der Waals surface area contributed by atoms with Crippen molar-refractivity contribution in [3.63, 3.8) is 0 Å². The summed E-state index contributed by atoms with van der Waals surface area (Å²) in [6.45, 7) is 2.86. The number of likely N-dealkylation sites (tertiary alicyclic amines) is 1. The monoisotopic (exact) mass is 323 g/mol. The first kappa shape index (κ1) is 17.2. The summed E-state index contributed by atoms with van der Waals surface area (Å²) in [5, 5.41) is 8.76. The molecule has 23 heavy (non-hydrogen) atoms. The molecule has 6 heteroatoms. The van der Waals surface area contributed by atoms with Gasteiger partial charge in [0.25, 0.3) is 5.91 Å². The number of hydrogen-bond donors (Lipinski definition) is 1. The molecule has 1 heterocycles. The van der Waals surface area contributed by atoms with Crippen LogP contribution in [0.3, 0.4) is 0 Å². The van der Waals surface area contributed by atoms with Crippen molar-refractivity contribution in [2.24, 2.45) is 5.92 Å². The van der Waals surface area contributed by atoms with E-state index < -0.39 is 17.9 Å². The fourth-order valence-electron chi connectivity index (χ4n) is 2.88. The van der Waals surface area contributed by atoms with Gasteiger partial charge in [-0.3, -0.25) is 9.59 Å². The zero-order valence-corrected chi connectivity index (χ0v) is 13.2. The van der Waals surface area contributed by atoms with E-state index in [1.165, 1.54) is 18.2 Å². The Labute approximate surface area is 135 Å². The predicted molar refractivity (Wildman–Crippen MR) is 82.7 cm³/mol. The SMILES string of the molecule is C[C@H](Oc1cccc(F)c1)C(=O)N1CCC[C@@H](CCC(=O)O)C1. The first-order valence-corrected chi connectivity index (χ1v) is 7.88. The molecule has 1 aliphatic rings. The number of nitrogens with zero attached hydrogens (tertiary/aromatic N) is 1. The molecule has 1 N–H and O–H groups in total. The molecular formula is C17H22FNO4. The molecule has 1 amide bonds. The van der Waals surface area contributed by atoms with E-state index in [4.69, 9.17) is 9.84 Å². The van der Waals surface area contributed by atoms with Crippen molar-refractivity contribution in [2.75, 3.05) is 13.1 Å². The van der Waals surface area contributed by atoms with Gasteiger partial charge in [-0.1, -0.05) is 6.07 Å². The van der Waals surface area contributed by atoms with E-state index in [1.54, 1.807) is 17.9 Å². The molecule has 0 radical (unpaired) electrons. The number of hydrogen-bond acceptors (Lipinski definition) is 3. The Morgan fingerprint density at radius 3 is 2.96 bits per heavy atom. The maximum absolute atomic E-state index is 13.2. The third kappa shape index (κ3) is 5.23. The van der Waals surface area contributed by atoms with Crippen LogP contribution in [0.5, 0.6) is 5.75 Å². The number of aliphatic carboxylic acids is 1. The molecular weight excluding hydrogens is 301 g/mol. The Hall–Kier alpha value is -2.11. The summed E-state index contributed by atoms with van der Waals surface area (Å²) >= 11 is 0. The van der Waals surface area contributed by atoms with Crippen molar-refractivity contribution in [3.8, 4) is 5.75 Å². The molecule has 1 aliphatic heterocycles. The van der Waals surface area contributed by atoms with Crippen LogP contribution in [-0.4, -0.2) is 41.1 Å². The van der Waals surface area contributed by atoms with E-state index >= 15 is 0 Å². The molecule has 0 aromatic heterocycles. The van der Waals surface area contributed by atoms with E-state index in [-0.39, 0.29) is 18.2 Å². The van der Waals surface area contributed by atoms with Crippen LogP contribution in [-0.2, 0) is 9.59 Å². The van der Waals surface area contributed by atoms with E-state index in [0.29, 0.717) is 25.3 Å². The second-order valence-electron chi connectivity index (χ2n) is 5.94. The molecule has 2 atom stereocenters. The van der Waals surface area contributed by atoms with Crippen molar-refractivity contribution < 1.29 is 23.8 Å². The molecule has 5 nitrogen and oxygen atoms in total.